The molecule has 2 aliphatic carbocycles. The van der Waals surface area contributed by atoms with Crippen molar-refractivity contribution in [3.63, 3.8) is 0 Å². The van der Waals surface area contributed by atoms with Gasteiger partial charge in [-0.25, -0.2) is 29.9 Å². The van der Waals surface area contributed by atoms with Crippen molar-refractivity contribution in [3.8, 4) is 45.0 Å². The number of nitrogens with two attached hydrogens (primary N) is 2. The van der Waals surface area contributed by atoms with E-state index in [1.165, 1.54) is 29.0 Å². The van der Waals surface area contributed by atoms with E-state index in [0.29, 0.717) is 30.3 Å². The van der Waals surface area contributed by atoms with Gasteiger partial charge in [0, 0.05) is 88.3 Å². The Labute approximate surface area is 347 Å². The lowest BCUT2D eigenvalue weighted by Crippen LogP contribution is -2.33. The molecule has 17 heteroatoms. The summed E-state index contributed by atoms with van der Waals surface area (Å²) in [7, 11) is 1.34. The molecule has 2 saturated carbocycles. The fraction of sp³-hybridized carbons (Fsp3) is 0.293. The predicted molar refractivity (Wildman–Crippen MR) is 232 cm³/mol. The second-order valence-electron chi connectivity index (χ2n) is 15.1. The first kappa shape index (κ1) is 37.1. The van der Waals surface area contributed by atoms with Crippen molar-refractivity contribution in [1.82, 2.24) is 44.0 Å². The van der Waals surface area contributed by atoms with Crippen LogP contribution in [0.2, 0.25) is 0 Å². The highest BCUT2D eigenvalue weighted by atomic mass is 32.2. The van der Waals surface area contributed by atoms with Gasteiger partial charge in [-0.15, -0.1) is 22.7 Å². The van der Waals surface area contributed by atoms with Gasteiger partial charge in [-0.05, 0) is 63.3 Å². The summed E-state index contributed by atoms with van der Waals surface area (Å²) in [5, 5.41) is 1.54. The van der Waals surface area contributed by atoms with Crippen molar-refractivity contribution in [2.45, 2.75) is 70.8 Å². The molecular weight excluding hydrogens is 807 g/mol. The van der Waals surface area contributed by atoms with Gasteiger partial charge >= 0.3 is 0 Å². The first-order valence-corrected chi connectivity index (χ1v) is 23.1. The lowest BCUT2D eigenvalue weighted by Gasteiger charge is -2.35. The maximum atomic E-state index is 14.7. The van der Waals surface area contributed by atoms with E-state index < -0.39 is 21.6 Å². The van der Waals surface area contributed by atoms with Crippen molar-refractivity contribution in [1.29, 1.82) is 0 Å². The number of fused-ring (bicyclic) bond motifs is 2. The molecule has 58 heavy (non-hydrogen) atoms. The zero-order chi connectivity index (χ0) is 40.0. The Hall–Kier alpha value is -5.23. The molecule has 0 amide bonds. The van der Waals surface area contributed by atoms with E-state index in [1.807, 2.05) is 74.0 Å². The Morgan fingerprint density at radius 1 is 0.672 bits per heavy atom. The lowest BCUT2D eigenvalue weighted by atomic mass is 9.79. The highest BCUT2D eigenvalue weighted by Gasteiger charge is 2.40. The van der Waals surface area contributed by atoms with Crippen molar-refractivity contribution >= 4 is 76.1 Å². The van der Waals surface area contributed by atoms with Crippen LogP contribution in [0.4, 0.5) is 11.4 Å². The minimum Gasteiger partial charge on any atom is -0.396 e. The van der Waals surface area contributed by atoms with Gasteiger partial charge in [0.1, 0.15) is 36.1 Å². The number of aromatic nitrogens is 9. The maximum absolute atomic E-state index is 14.7. The summed E-state index contributed by atoms with van der Waals surface area (Å²) in [5.74, 6) is 1.73. The number of imidazole rings is 2. The minimum atomic E-state index is -1.42. The zero-order valence-corrected chi connectivity index (χ0v) is 35.4. The highest BCUT2D eigenvalue weighted by molar-refractivity contribution is 7.88. The van der Waals surface area contributed by atoms with Crippen LogP contribution in [-0.2, 0) is 35.7 Å². The van der Waals surface area contributed by atoms with Crippen LogP contribution in [0, 0.1) is 13.8 Å². The van der Waals surface area contributed by atoms with Gasteiger partial charge in [0.2, 0.25) is 0 Å². The average molecular weight is 846 g/mol. The summed E-state index contributed by atoms with van der Waals surface area (Å²) in [6.07, 6.45) is 17.0. The topological polar surface area (TPSA) is 186 Å². The summed E-state index contributed by atoms with van der Waals surface area (Å²) in [5.41, 5.74) is 22.4. The molecule has 13 nitrogen and oxygen atoms in total. The second-order valence-corrected chi connectivity index (χ2v) is 20.9. The van der Waals surface area contributed by atoms with E-state index in [-0.39, 0.29) is 16.4 Å². The zero-order valence-electron chi connectivity index (χ0n) is 32.2. The molecule has 10 rings (SSSR count). The molecule has 0 saturated heterocycles. The number of nitrogens with zero attached hydrogens (tertiary/aromatic N) is 9. The smallest absolute Gasteiger partial charge is 0.127 e. The summed E-state index contributed by atoms with van der Waals surface area (Å²) in [4.78, 5) is 33.8. The summed E-state index contributed by atoms with van der Waals surface area (Å²) in [6, 6.07) is 6.14. The van der Waals surface area contributed by atoms with Gasteiger partial charge in [-0.1, -0.05) is 6.42 Å². The molecule has 8 aromatic heterocycles. The van der Waals surface area contributed by atoms with E-state index in [4.69, 9.17) is 26.4 Å². The molecule has 4 unspecified atom stereocenters. The Kier molecular flexibility index (Phi) is 9.11. The van der Waals surface area contributed by atoms with Crippen molar-refractivity contribution < 1.29 is 8.42 Å². The molecule has 8 aromatic rings. The van der Waals surface area contributed by atoms with Gasteiger partial charge in [0.25, 0.3) is 0 Å². The fourth-order valence-electron chi connectivity index (χ4n) is 7.92. The summed E-state index contributed by atoms with van der Waals surface area (Å²) >= 11 is 2.80. The largest absolute Gasteiger partial charge is 0.396 e. The van der Waals surface area contributed by atoms with Gasteiger partial charge < -0.3 is 20.6 Å². The molecule has 2 fully saturated rings. The van der Waals surface area contributed by atoms with Crippen molar-refractivity contribution in [2.75, 3.05) is 11.5 Å². The van der Waals surface area contributed by atoms with E-state index in [1.54, 1.807) is 12.4 Å². The minimum absolute atomic E-state index is 0.00103. The first-order chi connectivity index (χ1) is 28.1. The molecule has 294 valence electrons. The number of aryl methyl sites for hydroxylation is 2. The summed E-state index contributed by atoms with van der Waals surface area (Å²) < 4.78 is 33.7. The number of nitrogen functional groups attached to an aromatic ring is 2. The van der Waals surface area contributed by atoms with Crippen LogP contribution in [0.3, 0.4) is 0 Å². The molecule has 2 aliphatic rings. The molecular formula is C41H39N11O2S4. The third kappa shape index (κ3) is 5.92. The van der Waals surface area contributed by atoms with Crippen LogP contribution >= 0.6 is 22.7 Å². The Balaban J connectivity index is 1.02. The standard InChI is InChI=1S/C41H39N11O2S4/c1-20-47-17-31(51(20)3)27-11-29(49-38-34(27)36(42)40(55-38)57(53)25-6-5-7-25)23-10-22(13-44-14-23)26-8-9-33(26)58(54)41-37(43)35-28(32-18-48-21(2)52(32)4)12-30(50-39(35)56-41)24-15-45-19-46-16-24/h10-19,25-26,33H,5-9,42-43H2,1-4H3. The van der Waals surface area contributed by atoms with Gasteiger partial charge in [-0.2, -0.15) is 0 Å². The number of pyridine rings is 3. The third-order valence-corrected chi connectivity index (χ3v) is 18.5. The van der Waals surface area contributed by atoms with Crippen LogP contribution in [0.1, 0.15) is 55.2 Å². The van der Waals surface area contributed by atoms with E-state index in [2.05, 4.69) is 26.0 Å². The number of rotatable bonds is 9. The number of hydrogen-bond donors (Lipinski definition) is 2. The molecule has 0 aromatic carbocycles. The van der Waals surface area contributed by atoms with Crippen LogP contribution in [-0.4, -0.2) is 62.9 Å². The summed E-state index contributed by atoms with van der Waals surface area (Å²) in [6.45, 7) is 3.92. The molecule has 0 aliphatic heterocycles. The Bertz CT molecular complexity index is 2980. The van der Waals surface area contributed by atoms with E-state index >= 15 is 0 Å². The monoisotopic (exact) mass is 845 g/mol. The number of hydrogen-bond acceptors (Lipinski definition) is 13. The quantitative estimate of drug-likeness (QED) is 0.145. The maximum Gasteiger partial charge on any atom is 0.127 e. The van der Waals surface area contributed by atoms with E-state index in [9.17, 15) is 8.42 Å². The molecule has 0 spiro atoms. The Morgan fingerprint density at radius 2 is 1.22 bits per heavy atom. The molecule has 0 radical (unpaired) electrons. The van der Waals surface area contributed by atoms with Gasteiger partial charge in [-0.3, -0.25) is 13.4 Å². The van der Waals surface area contributed by atoms with E-state index in [0.717, 1.165) is 104 Å². The molecule has 4 N–H and O–H groups in total. The number of thiophene rings is 2. The molecule has 4 atom stereocenters. The van der Waals surface area contributed by atoms with Crippen LogP contribution < -0.4 is 11.5 Å². The van der Waals surface area contributed by atoms with Crippen LogP contribution in [0.25, 0.3) is 65.5 Å². The van der Waals surface area contributed by atoms with Crippen LogP contribution in [0.15, 0.2) is 70.1 Å². The van der Waals surface area contributed by atoms with Crippen molar-refractivity contribution in [3.05, 3.63) is 78.9 Å². The molecule has 8 heterocycles. The van der Waals surface area contributed by atoms with Gasteiger partial charge in [0.05, 0.1) is 68.1 Å². The second kappa shape index (κ2) is 14.2. The average Bonchev–Trinajstić information content (AvgIpc) is 3.93. The first-order valence-electron chi connectivity index (χ1n) is 19.0. The predicted octanol–water partition coefficient (Wildman–Crippen LogP) is 7.72. The number of anilines is 2. The normalized spacial score (nSPS) is 18.1. The third-order valence-electron chi connectivity index (χ3n) is 11.9. The lowest BCUT2D eigenvalue weighted by molar-refractivity contribution is 0.425. The van der Waals surface area contributed by atoms with Crippen LogP contribution in [0.5, 0.6) is 0 Å². The van der Waals surface area contributed by atoms with Crippen molar-refractivity contribution in [2.24, 2.45) is 14.1 Å². The molecule has 0 bridgehead atoms. The van der Waals surface area contributed by atoms with Gasteiger partial charge in [0.15, 0.2) is 0 Å². The Morgan fingerprint density at radius 3 is 1.72 bits per heavy atom. The fourth-order valence-corrected chi connectivity index (χ4v) is 14.5. The SMILES string of the molecule is Cc1ncc(-c2cc(-c3cncc(C4CCC4S(=O)c4sc5nc(-c6cncnc6)cc(-c6cnc(C)n6C)c5c4N)c3)nc3sc(S(=O)C4CCC4)c(N)c23)n1C. The highest BCUT2D eigenvalue weighted by Crippen LogP contribution is 2.49.